The number of carbonyl (C=O) groups is 1. The number of rotatable bonds is 1. The van der Waals surface area contributed by atoms with E-state index in [1.54, 1.807) is 0 Å². The summed E-state index contributed by atoms with van der Waals surface area (Å²) in [5, 5.41) is 2.82. The lowest BCUT2D eigenvalue weighted by Crippen LogP contribution is -2.33. The van der Waals surface area contributed by atoms with E-state index < -0.39 is 0 Å². The predicted octanol–water partition coefficient (Wildman–Crippen LogP) is 1.92. The van der Waals surface area contributed by atoms with Crippen LogP contribution in [0.2, 0.25) is 0 Å². The van der Waals surface area contributed by atoms with Gasteiger partial charge in [0.2, 0.25) is 11.9 Å². The molecule has 0 radical (unpaired) electrons. The summed E-state index contributed by atoms with van der Waals surface area (Å²) in [6.07, 6.45) is 3.91. The van der Waals surface area contributed by atoms with Gasteiger partial charge in [-0.15, -0.1) is 0 Å². The van der Waals surface area contributed by atoms with Crippen LogP contribution < -0.4 is 10.2 Å². The monoisotopic (exact) mass is 284 g/mol. The average Bonchev–Trinajstić information content (AvgIpc) is 2.84. The van der Waals surface area contributed by atoms with Crippen LogP contribution in [-0.2, 0) is 11.3 Å². The van der Waals surface area contributed by atoms with Gasteiger partial charge in [0.1, 0.15) is 6.54 Å². The first-order chi connectivity index (χ1) is 10.2. The number of nitrogens with zero attached hydrogens (tertiary/aromatic N) is 3. The molecule has 1 N–H and O–H groups in total. The highest BCUT2D eigenvalue weighted by molar-refractivity contribution is 6.05. The minimum atomic E-state index is 0.0366. The molecule has 3 heterocycles. The highest BCUT2D eigenvalue weighted by Gasteiger charge is 2.29. The zero-order valence-electron chi connectivity index (χ0n) is 12.4. The third kappa shape index (κ3) is 2.17. The Morgan fingerprint density at radius 1 is 1.10 bits per heavy atom. The van der Waals surface area contributed by atoms with Gasteiger partial charge >= 0.3 is 0 Å². The lowest BCUT2D eigenvalue weighted by molar-refractivity contribution is -0.118. The Balaban J connectivity index is 1.70. The van der Waals surface area contributed by atoms with E-state index in [1.807, 2.05) is 4.90 Å². The fraction of sp³-hybridized carbons (Fsp3) is 0.500. The maximum atomic E-state index is 11.5. The Labute approximate surface area is 124 Å². The van der Waals surface area contributed by atoms with Crippen molar-refractivity contribution in [3.8, 4) is 0 Å². The topological polar surface area (TPSA) is 47.9 Å². The highest BCUT2D eigenvalue weighted by atomic mass is 16.2. The zero-order valence-corrected chi connectivity index (χ0v) is 12.4. The van der Waals surface area contributed by atoms with E-state index in [4.69, 9.17) is 0 Å². The molecule has 2 saturated heterocycles. The molecule has 5 heteroatoms. The quantitative estimate of drug-likeness (QED) is 0.857. The van der Waals surface area contributed by atoms with Crippen molar-refractivity contribution in [1.29, 1.82) is 0 Å². The van der Waals surface area contributed by atoms with Crippen molar-refractivity contribution in [2.45, 2.75) is 32.7 Å². The van der Waals surface area contributed by atoms with Crippen molar-refractivity contribution >= 4 is 23.2 Å². The summed E-state index contributed by atoms with van der Waals surface area (Å²) in [4.78, 5) is 20.6. The molecule has 1 amide bonds. The Morgan fingerprint density at radius 2 is 1.90 bits per heavy atom. The van der Waals surface area contributed by atoms with Gasteiger partial charge in [-0.25, -0.2) is 4.99 Å². The normalized spacial score (nSPS) is 20.8. The molecule has 0 saturated carbocycles. The molecule has 110 valence electrons. The van der Waals surface area contributed by atoms with E-state index >= 15 is 0 Å². The average molecular weight is 284 g/mol. The van der Waals surface area contributed by atoms with Crippen LogP contribution >= 0.6 is 0 Å². The van der Waals surface area contributed by atoms with Gasteiger partial charge in [0.05, 0.1) is 5.69 Å². The summed E-state index contributed by atoms with van der Waals surface area (Å²) < 4.78 is 0. The lowest BCUT2D eigenvalue weighted by atomic mass is 10.0. The molecule has 0 bridgehead atoms. The van der Waals surface area contributed by atoms with E-state index in [0.717, 1.165) is 25.3 Å². The van der Waals surface area contributed by atoms with Gasteiger partial charge in [-0.2, -0.15) is 0 Å². The first-order valence-electron chi connectivity index (χ1n) is 7.73. The Hall–Kier alpha value is -2.04. The molecule has 5 nitrogen and oxygen atoms in total. The van der Waals surface area contributed by atoms with Gasteiger partial charge < -0.3 is 9.80 Å². The van der Waals surface area contributed by atoms with Gasteiger partial charge in [0.15, 0.2) is 0 Å². The molecule has 3 aliphatic rings. The Bertz CT molecular complexity index is 631. The Morgan fingerprint density at radius 3 is 2.71 bits per heavy atom. The van der Waals surface area contributed by atoms with Crippen LogP contribution in [0.5, 0.6) is 0 Å². The molecule has 2 fully saturated rings. The number of amides is 1. The molecule has 1 aromatic carbocycles. The summed E-state index contributed by atoms with van der Waals surface area (Å²) >= 11 is 0. The molecule has 21 heavy (non-hydrogen) atoms. The van der Waals surface area contributed by atoms with E-state index in [9.17, 15) is 4.79 Å². The summed E-state index contributed by atoms with van der Waals surface area (Å²) in [6.45, 7) is 5.65. The fourth-order valence-electron chi connectivity index (χ4n) is 3.47. The molecular formula is C16H20N4O. The minimum Gasteiger partial charge on any atom is -0.371 e. The van der Waals surface area contributed by atoms with E-state index in [0.29, 0.717) is 12.5 Å². The van der Waals surface area contributed by atoms with E-state index in [1.165, 1.54) is 36.1 Å². The summed E-state index contributed by atoms with van der Waals surface area (Å²) in [5.41, 5.74) is 4.84. The van der Waals surface area contributed by atoms with Gasteiger partial charge in [-0.1, -0.05) is 0 Å². The SMILES string of the molecule is Cc1cc2c(cc1N1CCCCC1)CN1CC(=O)NC1=N2. The number of fused-ring (bicyclic) bond motifs is 2. The largest absolute Gasteiger partial charge is 0.371 e. The number of anilines is 1. The highest BCUT2D eigenvalue weighted by Crippen LogP contribution is 2.34. The number of hydrogen-bond donors (Lipinski definition) is 1. The van der Waals surface area contributed by atoms with Crippen LogP contribution in [-0.4, -0.2) is 36.4 Å². The van der Waals surface area contributed by atoms with Crippen LogP contribution in [0.15, 0.2) is 17.1 Å². The molecular weight excluding hydrogens is 264 g/mol. The maximum absolute atomic E-state index is 11.5. The lowest BCUT2D eigenvalue weighted by Gasteiger charge is -2.32. The van der Waals surface area contributed by atoms with Crippen molar-refractivity contribution in [2.24, 2.45) is 4.99 Å². The van der Waals surface area contributed by atoms with Crippen LogP contribution in [0.1, 0.15) is 30.4 Å². The van der Waals surface area contributed by atoms with Crippen molar-refractivity contribution in [2.75, 3.05) is 24.5 Å². The van der Waals surface area contributed by atoms with Crippen molar-refractivity contribution < 1.29 is 4.79 Å². The van der Waals surface area contributed by atoms with Crippen molar-refractivity contribution in [3.63, 3.8) is 0 Å². The number of aryl methyl sites for hydroxylation is 1. The van der Waals surface area contributed by atoms with Crippen molar-refractivity contribution in [3.05, 3.63) is 23.3 Å². The molecule has 0 aromatic heterocycles. The zero-order chi connectivity index (χ0) is 14.4. The number of nitrogens with one attached hydrogen (secondary N) is 1. The van der Waals surface area contributed by atoms with E-state index in [-0.39, 0.29) is 5.91 Å². The number of piperidine rings is 1. The molecule has 0 unspecified atom stereocenters. The fourth-order valence-corrected chi connectivity index (χ4v) is 3.47. The summed E-state index contributed by atoms with van der Waals surface area (Å²) in [6, 6.07) is 4.44. The molecule has 0 atom stereocenters. The summed E-state index contributed by atoms with van der Waals surface area (Å²) in [7, 11) is 0. The first kappa shape index (κ1) is 12.7. The summed E-state index contributed by atoms with van der Waals surface area (Å²) in [5.74, 6) is 0.743. The molecule has 0 spiro atoms. The molecule has 4 rings (SSSR count). The van der Waals surface area contributed by atoms with Crippen LogP contribution in [0.4, 0.5) is 11.4 Å². The Kier molecular flexibility index (Phi) is 2.87. The molecule has 1 aromatic rings. The number of aliphatic imine (C=N–C) groups is 1. The minimum absolute atomic E-state index is 0.0366. The molecule has 0 aliphatic carbocycles. The van der Waals surface area contributed by atoms with Gasteiger partial charge in [0, 0.05) is 25.3 Å². The smallest absolute Gasteiger partial charge is 0.246 e. The van der Waals surface area contributed by atoms with Crippen LogP contribution in [0, 0.1) is 6.92 Å². The third-order valence-electron chi connectivity index (χ3n) is 4.57. The predicted molar refractivity (Wildman–Crippen MR) is 82.9 cm³/mol. The first-order valence-corrected chi connectivity index (χ1v) is 7.73. The van der Waals surface area contributed by atoms with E-state index in [2.05, 4.69) is 34.3 Å². The molecule has 3 aliphatic heterocycles. The number of hydrogen-bond acceptors (Lipinski definition) is 4. The standard InChI is InChI=1S/C16H20N4O/c1-11-7-13-12(8-14(11)19-5-3-2-4-6-19)9-20-10-15(21)18-16(20)17-13/h7-8H,2-6,9-10H2,1H3,(H,17,18,21). The van der Waals surface area contributed by atoms with Crippen molar-refractivity contribution in [1.82, 2.24) is 10.2 Å². The second-order valence-corrected chi connectivity index (χ2v) is 6.15. The van der Waals surface area contributed by atoms with Gasteiger partial charge in [0.25, 0.3) is 0 Å². The number of carbonyl (C=O) groups excluding carboxylic acids is 1. The number of guanidine groups is 1. The third-order valence-corrected chi connectivity index (χ3v) is 4.57. The van der Waals surface area contributed by atoms with Gasteiger partial charge in [-0.3, -0.25) is 10.1 Å². The number of benzene rings is 1. The van der Waals surface area contributed by atoms with Gasteiger partial charge in [-0.05, 0) is 49.4 Å². The van der Waals surface area contributed by atoms with Crippen LogP contribution in [0.25, 0.3) is 0 Å². The second kappa shape index (κ2) is 4.76. The maximum Gasteiger partial charge on any atom is 0.246 e. The van der Waals surface area contributed by atoms with Crippen LogP contribution in [0.3, 0.4) is 0 Å². The second-order valence-electron chi connectivity index (χ2n) is 6.15.